The lowest BCUT2D eigenvalue weighted by atomic mass is 9.94. The molecule has 1 aliphatic heterocycles. The van der Waals surface area contributed by atoms with E-state index in [-0.39, 0.29) is 0 Å². The molecule has 2 aromatic rings. The second-order valence-corrected chi connectivity index (χ2v) is 6.56. The van der Waals surface area contributed by atoms with Crippen molar-refractivity contribution in [2.45, 2.75) is 29.1 Å². The monoisotopic (exact) mass is 325 g/mol. The number of halogens is 1. The maximum absolute atomic E-state index is 10.5. The zero-order valence-electron chi connectivity index (χ0n) is 11.4. The lowest BCUT2D eigenvalue weighted by molar-refractivity contribution is -0.0167. The molecule has 1 aromatic heterocycles. The summed E-state index contributed by atoms with van der Waals surface area (Å²) in [7, 11) is 0. The fourth-order valence-corrected chi connectivity index (χ4v) is 3.12. The van der Waals surface area contributed by atoms with Crippen LogP contribution in [0.4, 0.5) is 0 Å². The molecular weight excluding hydrogens is 310 g/mol. The molecule has 0 radical (unpaired) electrons. The van der Waals surface area contributed by atoms with Gasteiger partial charge in [0.2, 0.25) is 0 Å². The number of thioether (sulfide) groups is 1. The average Bonchev–Trinajstić information content (AvgIpc) is 2.97. The summed E-state index contributed by atoms with van der Waals surface area (Å²) >= 11 is 7.45. The summed E-state index contributed by atoms with van der Waals surface area (Å²) in [4.78, 5) is 5.41. The van der Waals surface area contributed by atoms with Gasteiger partial charge in [-0.1, -0.05) is 16.8 Å². The van der Waals surface area contributed by atoms with Crippen molar-refractivity contribution in [2.24, 2.45) is 0 Å². The molecule has 5 nitrogen and oxygen atoms in total. The molecular formula is C14H16ClN3O2S. The minimum atomic E-state index is -1.03. The Balaban J connectivity index is 1.63. The number of rotatable bonds is 4. The largest absolute Gasteiger partial charge is 0.379 e. The molecule has 112 valence electrons. The van der Waals surface area contributed by atoms with E-state index in [0.29, 0.717) is 35.5 Å². The molecule has 1 unspecified atom stereocenters. The number of nitrogens with zero attached hydrogens (tertiary/aromatic N) is 2. The summed E-state index contributed by atoms with van der Waals surface area (Å²) in [5, 5.41) is 18.3. The minimum absolute atomic E-state index is 0.307. The van der Waals surface area contributed by atoms with Crippen LogP contribution < -0.4 is 5.32 Å². The number of piperidine rings is 1. The third kappa shape index (κ3) is 3.58. The van der Waals surface area contributed by atoms with Crippen LogP contribution >= 0.6 is 23.4 Å². The lowest BCUT2D eigenvalue weighted by Gasteiger charge is -2.28. The van der Waals surface area contributed by atoms with Crippen LogP contribution in [0.5, 0.6) is 0 Å². The fraction of sp³-hybridized carbons (Fsp3) is 0.429. The van der Waals surface area contributed by atoms with Crippen molar-refractivity contribution < 1.29 is 9.63 Å². The van der Waals surface area contributed by atoms with Gasteiger partial charge in [-0.15, -0.1) is 11.8 Å². The molecule has 1 fully saturated rings. The Labute approximate surface area is 132 Å². The molecule has 0 saturated carbocycles. The summed E-state index contributed by atoms with van der Waals surface area (Å²) in [5.74, 6) is 1.49. The molecule has 0 bridgehead atoms. The SMILES string of the molecule is OC1(c2nc(CSc3ccc(Cl)cc3)no2)CCCNC1. The van der Waals surface area contributed by atoms with Gasteiger partial charge in [-0.05, 0) is 43.7 Å². The predicted molar refractivity (Wildman–Crippen MR) is 81.3 cm³/mol. The van der Waals surface area contributed by atoms with E-state index < -0.39 is 5.60 Å². The normalized spacial score (nSPS) is 22.4. The molecule has 3 rings (SSSR count). The van der Waals surface area contributed by atoms with Gasteiger partial charge >= 0.3 is 0 Å². The minimum Gasteiger partial charge on any atom is -0.379 e. The molecule has 0 amide bonds. The van der Waals surface area contributed by atoms with Crippen LogP contribution in [0, 0.1) is 0 Å². The molecule has 2 heterocycles. The number of benzene rings is 1. The summed E-state index contributed by atoms with van der Waals surface area (Å²) in [6.07, 6.45) is 1.54. The molecule has 7 heteroatoms. The van der Waals surface area contributed by atoms with Crippen LogP contribution in [-0.2, 0) is 11.4 Å². The van der Waals surface area contributed by atoms with Crippen molar-refractivity contribution in [3.63, 3.8) is 0 Å². The van der Waals surface area contributed by atoms with E-state index in [2.05, 4.69) is 15.5 Å². The Kier molecular flexibility index (Phi) is 4.49. The van der Waals surface area contributed by atoms with E-state index in [1.165, 1.54) is 0 Å². The predicted octanol–water partition coefficient (Wildman–Crippen LogP) is 2.59. The number of aliphatic hydroxyl groups is 1. The Hall–Kier alpha value is -1.08. The lowest BCUT2D eigenvalue weighted by Crippen LogP contribution is -2.43. The smallest absolute Gasteiger partial charge is 0.259 e. The van der Waals surface area contributed by atoms with Gasteiger partial charge in [-0.3, -0.25) is 0 Å². The van der Waals surface area contributed by atoms with Crippen molar-refractivity contribution in [3.05, 3.63) is 41.0 Å². The molecule has 1 aromatic carbocycles. The van der Waals surface area contributed by atoms with Gasteiger partial charge in [-0.25, -0.2) is 0 Å². The van der Waals surface area contributed by atoms with Gasteiger partial charge in [0.15, 0.2) is 11.4 Å². The number of aromatic nitrogens is 2. The van der Waals surface area contributed by atoms with E-state index in [0.717, 1.165) is 17.9 Å². The Bertz CT molecular complexity index is 597. The first-order valence-electron chi connectivity index (χ1n) is 6.80. The first-order chi connectivity index (χ1) is 10.2. The van der Waals surface area contributed by atoms with Crippen LogP contribution in [0.15, 0.2) is 33.7 Å². The van der Waals surface area contributed by atoms with Crippen molar-refractivity contribution in [3.8, 4) is 0 Å². The van der Waals surface area contributed by atoms with Gasteiger partial charge in [0.25, 0.3) is 5.89 Å². The van der Waals surface area contributed by atoms with Gasteiger partial charge in [0.1, 0.15) is 0 Å². The van der Waals surface area contributed by atoms with Crippen molar-refractivity contribution in [1.82, 2.24) is 15.5 Å². The highest BCUT2D eigenvalue weighted by Gasteiger charge is 2.36. The molecule has 21 heavy (non-hydrogen) atoms. The number of nitrogens with one attached hydrogen (secondary N) is 1. The van der Waals surface area contributed by atoms with E-state index in [4.69, 9.17) is 16.1 Å². The molecule has 1 saturated heterocycles. The quantitative estimate of drug-likeness (QED) is 0.842. The highest BCUT2D eigenvalue weighted by molar-refractivity contribution is 7.98. The molecule has 1 atom stereocenters. The third-order valence-electron chi connectivity index (χ3n) is 3.41. The van der Waals surface area contributed by atoms with Crippen molar-refractivity contribution >= 4 is 23.4 Å². The van der Waals surface area contributed by atoms with E-state index >= 15 is 0 Å². The zero-order chi connectivity index (χ0) is 14.7. The number of β-amino-alcohol motifs (C(OH)–C–C–N with tert-alkyl or cyclic N) is 1. The average molecular weight is 326 g/mol. The molecule has 1 aliphatic rings. The standard InChI is InChI=1S/C14H16ClN3O2S/c15-10-2-4-11(5-3-10)21-8-12-17-13(20-18-12)14(19)6-1-7-16-9-14/h2-5,16,19H,1,6-9H2. The Morgan fingerprint density at radius 3 is 2.90 bits per heavy atom. The van der Waals surface area contributed by atoms with E-state index in [1.807, 2.05) is 24.3 Å². The maximum atomic E-state index is 10.5. The van der Waals surface area contributed by atoms with Gasteiger partial charge in [0.05, 0.1) is 5.75 Å². The zero-order valence-corrected chi connectivity index (χ0v) is 13.0. The van der Waals surface area contributed by atoms with Gasteiger partial charge in [-0.2, -0.15) is 4.98 Å². The summed E-state index contributed by atoms with van der Waals surface area (Å²) in [6, 6.07) is 7.60. The summed E-state index contributed by atoms with van der Waals surface area (Å²) < 4.78 is 5.23. The Morgan fingerprint density at radius 2 is 2.19 bits per heavy atom. The number of hydrogen-bond acceptors (Lipinski definition) is 6. The molecule has 0 spiro atoms. The maximum Gasteiger partial charge on any atom is 0.259 e. The highest BCUT2D eigenvalue weighted by atomic mass is 35.5. The summed E-state index contributed by atoms with van der Waals surface area (Å²) in [6.45, 7) is 1.37. The Morgan fingerprint density at radius 1 is 1.38 bits per heavy atom. The van der Waals surface area contributed by atoms with Crippen LogP contribution in [-0.4, -0.2) is 28.3 Å². The van der Waals surface area contributed by atoms with E-state index in [9.17, 15) is 5.11 Å². The second kappa shape index (κ2) is 6.36. The molecule has 2 N–H and O–H groups in total. The van der Waals surface area contributed by atoms with Crippen molar-refractivity contribution in [1.29, 1.82) is 0 Å². The first kappa shape index (κ1) is 14.8. The van der Waals surface area contributed by atoms with Crippen molar-refractivity contribution in [2.75, 3.05) is 13.1 Å². The van der Waals surface area contributed by atoms with Crippen LogP contribution in [0.3, 0.4) is 0 Å². The third-order valence-corrected chi connectivity index (χ3v) is 4.67. The number of hydrogen-bond donors (Lipinski definition) is 2. The second-order valence-electron chi connectivity index (χ2n) is 5.07. The van der Waals surface area contributed by atoms with Gasteiger partial charge < -0.3 is 14.9 Å². The van der Waals surface area contributed by atoms with Crippen LogP contribution in [0.2, 0.25) is 5.02 Å². The fourth-order valence-electron chi connectivity index (χ4n) is 2.25. The van der Waals surface area contributed by atoms with Gasteiger partial charge in [0, 0.05) is 16.5 Å². The van der Waals surface area contributed by atoms with Crippen LogP contribution in [0.25, 0.3) is 0 Å². The summed E-state index contributed by atoms with van der Waals surface area (Å²) in [5.41, 5.74) is -1.03. The molecule has 0 aliphatic carbocycles. The van der Waals surface area contributed by atoms with Crippen LogP contribution in [0.1, 0.15) is 24.6 Å². The first-order valence-corrected chi connectivity index (χ1v) is 8.17. The van der Waals surface area contributed by atoms with E-state index in [1.54, 1.807) is 11.8 Å². The topological polar surface area (TPSA) is 71.2 Å². The highest BCUT2D eigenvalue weighted by Crippen LogP contribution is 2.28.